The molecule has 4 nitrogen and oxygen atoms in total. The molecule has 0 atom stereocenters. The second-order valence-corrected chi connectivity index (χ2v) is 3.66. The van der Waals surface area contributed by atoms with E-state index >= 15 is 0 Å². The van der Waals surface area contributed by atoms with Gasteiger partial charge in [-0.2, -0.15) is 0 Å². The van der Waals surface area contributed by atoms with Crippen molar-refractivity contribution in [3.63, 3.8) is 0 Å². The molecule has 0 aromatic heterocycles. The monoisotopic (exact) mass is 213 g/mol. The van der Waals surface area contributed by atoms with Crippen LogP contribution in [0.4, 0.5) is 5.69 Å². The molecule has 1 saturated carbocycles. The Morgan fingerprint density at radius 1 is 1.43 bits per heavy atom. The van der Waals surface area contributed by atoms with Gasteiger partial charge in [-0.15, -0.1) is 0 Å². The lowest BCUT2D eigenvalue weighted by molar-refractivity contribution is -0.384. The Hall–Kier alpha value is -1.29. The summed E-state index contributed by atoms with van der Waals surface area (Å²) in [5, 5.41) is 10.8. The number of benzene rings is 1. The number of nitro benzene ring substituents is 1. The van der Waals surface area contributed by atoms with E-state index in [0.29, 0.717) is 10.8 Å². The van der Waals surface area contributed by atoms with Crippen molar-refractivity contribution >= 4 is 17.3 Å². The quantitative estimate of drug-likeness (QED) is 0.573. The van der Waals surface area contributed by atoms with Crippen molar-refractivity contribution in [2.45, 2.75) is 18.9 Å². The number of non-ortho nitro benzene ring substituents is 1. The van der Waals surface area contributed by atoms with Gasteiger partial charge in [-0.25, -0.2) is 0 Å². The number of nitrogens with zero attached hydrogens (tertiary/aromatic N) is 1. The van der Waals surface area contributed by atoms with Crippen LogP contribution < -0.4 is 4.74 Å². The Kier molecular flexibility index (Phi) is 2.29. The number of hydrogen-bond donors (Lipinski definition) is 0. The summed E-state index contributed by atoms with van der Waals surface area (Å²) in [7, 11) is 0. The summed E-state index contributed by atoms with van der Waals surface area (Å²) in [5.41, 5.74) is -0.0341. The van der Waals surface area contributed by atoms with Crippen LogP contribution in [-0.2, 0) is 0 Å². The molecule has 0 radical (unpaired) electrons. The van der Waals surface area contributed by atoms with Crippen LogP contribution in [0.5, 0.6) is 5.75 Å². The minimum absolute atomic E-state index is 0.0341. The molecule has 14 heavy (non-hydrogen) atoms. The van der Waals surface area contributed by atoms with E-state index in [2.05, 4.69) is 0 Å². The average Bonchev–Trinajstić information content (AvgIpc) is 2.87. The van der Waals surface area contributed by atoms with Crippen molar-refractivity contribution in [3.8, 4) is 5.75 Å². The van der Waals surface area contributed by atoms with Crippen molar-refractivity contribution in [1.29, 1.82) is 0 Å². The largest absolute Gasteiger partial charge is 0.490 e. The Labute approximate surface area is 85.6 Å². The summed E-state index contributed by atoms with van der Waals surface area (Å²) >= 11 is 5.71. The highest BCUT2D eigenvalue weighted by atomic mass is 35.5. The maximum atomic E-state index is 10.5. The number of halogens is 1. The first-order chi connectivity index (χ1) is 6.65. The molecule has 0 heterocycles. The smallest absolute Gasteiger partial charge is 0.274 e. The molecule has 2 rings (SSSR count). The summed E-state index contributed by atoms with van der Waals surface area (Å²) in [4.78, 5) is 10.0. The molecular formula is C9H8ClNO3. The fourth-order valence-electron chi connectivity index (χ4n) is 1.10. The molecule has 1 fully saturated rings. The zero-order valence-electron chi connectivity index (χ0n) is 7.27. The Bertz CT molecular complexity index is 376. The van der Waals surface area contributed by atoms with E-state index in [1.54, 1.807) is 6.07 Å². The SMILES string of the molecule is O=[N+]([O-])c1cc(Cl)cc(OC2CC2)c1. The van der Waals surface area contributed by atoms with Gasteiger partial charge < -0.3 is 4.74 Å². The van der Waals surface area contributed by atoms with Crippen molar-refractivity contribution in [2.24, 2.45) is 0 Å². The van der Waals surface area contributed by atoms with Gasteiger partial charge in [0.25, 0.3) is 5.69 Å². The van der Waals surface area contributed by atoms with Gasteiger partial charge in [0.15, 0.2) is 0 Å². The zero-order chi connectivity index (χ0) is 10.1. The van der Waals surface area contributed by atoms with Crippen molar-refractivity contribution in [3.05, 3.63) is 33.3 Å². The van der Waals surface area contributed by atoms with Crippen molar-refractivity contribution in [2.75, 3.05) is 0 Å². The van der Waals surface area contributed by atoms with Crippen LogP contribution >= 0.6 is 11.6 Å². The molecule has 5 heteroatoms. The molecule has 1 aromatic carbocycles. The Morgan fingerprint density at radius 3 is 2.71 bits per heavy atom. The third-order valence-electron chi connectivity index (χ3n) is 1.89. The summed E-state index contributed by atoms with van der Waals surface area (Å²) < 4.78 is 5.41. The van der Waals surface area contributed by atoms with E-state index in [1.165, 1.54) is 12.1 Å². The van der Waals surface area contributed by atoms with E-state index < -0.39 is 4.92 Å². The fraction of sp³-hybridized carbons (Fsp3) is 0.333. The van der Waals surface area contributed by atoms with Gasteiger partial charge in [-0.1, -0.05) is 11.6 Å². The molecule has 0 N–H and O–H groups in total. The predicted octanol–water partition coefficient (Wildman–Crippen LogP) is 2.79. The lowest BCUT2D eigenvalue weighted by Gasteiger charge is -2.03. The molecule has 1 aliphatic rings. The van der Waals surface area contributed by atoms with Crippen LogP contribution in [0, 0.1) is 10.1 Å². The van der Waals surface area contributed by atoms with Gasteiger partial charge in [0.05, 0.1) is 22.1 Å². The van der Waals surface area contributed by atoms with Gasteiger partial charge in [0, 0.05) is 6.07 Å². The van der Waals surface area contributed by atoms with Gasteiger partial charge in [0.2, 0.25) is 0 Å². The predicted molar refractivity (Wildman–Crippen MR) is 51.8 cm³/mol. The normalized spacial score (nSPS) is 15.2. The average molecular weight is 214 g/mol. The minimum Gasteiger partial charge on any atom is -0.490 e. The van der Waals surface area contributed by atoms with Gasteiger partial charge in [-0.3, -0.25) is 10.1 Å². The minimum atomic E-state index is -0.481. The summed E-state index contributed by atoms with van der Waals surface area (Å²) in [5.74, 6) is 0.478. The van der Waals surface area contributed by atoms with Crippen LogP contribution in [0.3, 0.4) is 0 Å². The standard InChI is InChI=1S/C9H8ClNO3/c10-6-3-7(11(12)13)5-9(4-6)14-8-1-2-8/h3-5,8H,1-2H2. The molecule has 0 saturated heterocycles. The molecular weight excluding hydrogens is 206 g/mol. The lowest BCUT2D eigenvalue weighted by atomic mass is 10.3. The number of nitro groups is 1. The van der Waals surface area contributed by atoms with Crippen molar-refractivity contribution in [1.82, 2.24) is 0 Å². The van der Waals surface area contributed by atoms with Gasteiger partial charge in [-0.05, 0) is 18.9 Å². The van der Waals surface area contributed by atoms with Gasteiger partial charge >= 0.3 is 0 Å². The van der Waals surface area contributed by atoms with Crippen LogP contribution in [0.2, 0.25) is 5.02 Å². The van der Waals surface area contributed by atoms with E-state index in [4.69, 9.17) is 16.3 Å². The van der Waals surface area contributed by atoms with Gasteiger partial charge in [0.1, 0.15) is 5.75 Å². The molecule has 0 unspecified atom stereocenters. The zero-order valence-corrected chi connectivity index (χ0v) is 8.03. The Balaban J connectivity index is 2.25. The highest BCUT2D eigenvalue weighted by Gasteiger charge is 2.24. The molecule has 1 aromatic rings. The third-order valence-corrected chi connectivity index (χ3v) is 2.11. The maximum Gasteiger partial charge on any atom is 0.274 e. The molecule has 74 valence electrons. The van der Waals surface area contributed by atoms with Crippen LogP contribution in [0.1, 0.15) is 12.8 Å². The van der Waals surface area contributed by atoms with E-state index in [-0.39, 0.29) is 11.8 Å². The molecule has 0 aliphatic heterocycles. The fourth-order valence-corrected chi connectivity index (χ4v) is 1.32. The number of ether oxygens (including phenoxy) is 1. The molecule has 0 bridgehead atoms. The first kappa shape index (κ1) is 9.27. The van der Waals surface area contributed by atoms with Crippen LogP contribution in [0.15, 0.2) is 18.2 Å². The first-order valence-corrected chi connectivity index (χ1v) is 4.64. The highest BCUT2D eigenvalue weighted by molar-refractivity contribution is 6.30. The molecule has 0 amide bonds. The molecule has 0 spiro atoms. The van der Waals surface area contributed by atoms with Crippen LogP contribution in [-0.4, -0.2) is 11.0 Å². The maximum absolute atomic E-state index is 10.5. The summed E-state index contributed by atoms with van der Waals surface area (Å²) in [6.45, 7) is 0. The van der Waals surface area contributed by atoms with E-state index in [1.807, 2.05) is 0 Å². The third kappa shape index (κ3) is 2.14. The summed E-state index contributed by atoms with van der Waals surface area (Å²) in [6.07, 6.45) is 2.24. The lowest BCUT2D eigenvalue weighted by Crippen LogP contribution is -1.97. The number of hydrogen-bond acceptors (Lipinski definition) is 3. The van der Waals surface area contributed by atoms with E-state index in [9.17, 15) is 10.1 Å². The van der Waals surface area contributed by atoms with Crippen molar-refractivity contribution < 1.29 is 9.66 Å². The van der Waals surface area contributed by atoms with Crippen LogP contribution in [0.25, 0.3) is 0 Å². The van der Waals surface area contributed by atoms with E-state index in [0.717, 1.165) is 12.8 Å². The second kappa shape index (κ2) is 3.46. The number of rotatable bonds is 3. The topological polar surface area (TPSA) is 52.4 Å². The highest BCUT2D eigenvalue weighted by Crippen LogP contribution is 2.31. The molecule has 1 aliphatic carbocycles. The second-order valence-electron chi connectivity index (χ2n) is 3.22. The summed E-state index contributed by atoms with van der Waals surface area (Å²) in [6, 6.07) is 4.29. The Morgan fingerprint density at radius 2 is 2.14 bits per heavy atom. The first-order valence-electron chi connectivity index (χ1n) is 4.27.